The fourth-order valence-electron chi connectivity index (χ4n) is 2.56. The van der Waals surface area contributed by atoms with Crippen molar-refractivity contribution in [3.63, 3.8) is 0 Å². The largest absolute Gasteiger partial charge is 0.292 e. The van der Waals surface area contributed by atoms with Gasteiger partial charge in [0.25, 0.3) is 0 Å². The van der Waals surface area contributed by atoms with E-state index in [9.17, 15) is 4.79 Å². The Morgan fingerprint density at radius 2 is 2.16 bits per heavy atom. The van der Waals surface area contributed by atoms with Crippen molar-refractivity contribution in [3.05, 3.63) is 53.4 Å². The molecule has 1 unspecified atom stereocenters. The second-order valence-corrected chi connectivity index (χ2v) is 4.90. The van der Waals surface area contributed by atoms with Crippen LogP contribution < -0.4 is 0 Å². The maximum Gasteiger partial charge on any atom is 0.191 e. The summed E-state index contributed by atoms with van der Waals surface area (Å²) in [5.41, 5.74) is 3.36. The van der Waals surface area contributed by atoms with E-state index in [0.29, 0.717) is 5.69 Å². The third-order valence-corrected chi connectivity index (χ3v) is 3.54. The molecule has 0 fully saturated rings. The molecule has 0 N–H and O–H groups in total. The van der Waals surface area contributed by atoms with Crippen molar-refractivity contribution in [2.24, 2.45) is 0 Å². The van der Waals surface area contributed by atoms with E-state index >= 15 is 0 Å². The molecule has 96 valence electrons. The first-order chi connectivity index (χ1) is 9.25. The first kappa shape index (κ1) is 12.0. The Balaban J connectivity index is 1.95. The zero-order valence-corrected chi connectivity index (χ0v) is 10.8. The molecule has 0 aromatic carbocycles. The number of hydrogen-bond acceptors (Lipinski definition) is 4. The molecule has 2 heterocycles. The van der Waals surface area contributed by atoms with Crippen LogP contribution in [0.2, 0.25) is 0 Å². The number of rotatable bonds is 2. The van der Waals surface area contributed by atoms with Crippen molar-refractivity contribution in [1.29, 1.82) is 0 Å². The SMILES string of the molecule is Cc1cnc(C(=O)C2CCCc3cccnc32)cn1. The average molecular weight is 253 g/mol. The van der Waals surface area contributed by atoms with Crippen molar-refractivity contribution >= 4 is 5.78 Å². The van der Waals surface area contributed by atoms with Crippen LogP contribution in [0.1, 0.15) is 46.2 Å². The Morgan fingerprint density at radius 3 is 2.95 bits per heavy atom. The van der Waals surface area contributed by atoms with Crippen LogP contribution in [0.3, 0.4) is 0 Å². The first-order valence-corrected chi connectivity index (χ1v) is 6.52. The van der Waals surface area contributed by atoms with Gasteiger partial charge in [0.15, 0.2) is 5.78 Å². The fraction of sp³-hybridized carbons (Fsp3) is 0.333. The topological polar surface area (TPSA) is 55.7 Å². The molecule has 0 radical (unpaired) electrons. The van der Waals surface area contributed by atoms with Crippen molar-refractivity contribution < 1.29 is 4.79 Å². The summed E-state index contributed by atoms with van der Waals surface area (Å²) in [6.07, 6.45) is 7.83. The Labute approximate surface area is 111 Å². The third-order valence-electron chi connectivity index (χ3n) is 3.54. The highest BCUT2D eigenvalue weighted by atomic mass is 16.1. The normalized spacial score (nSPS) is 17.8. The number of Topliss-reactive ketones (excluding diaryl/α,β-unsaturated/α-hetero) is 1. The van der Waals surface area contributed by atoms with Gasteiger partial charge in [0.1, 0.15) is 5.69 Å². The first-order valence-electron chi connectivity index (χ1n) is 6.52. The fourth-order valence-corrected chi connectivity index (χ4v) is 2.56. The molecule has 0 amide bonds. The molecular formula is C15H15N3O. The Kier molecular flexibility index (Phi) is 3.07. The summed E-state index contributed by atoms with van der Waals surface area (Å²) in [5, 5.41) is 0. The molecular weight excluding hydrogens is 238 g/mol. The van der Waals surface area contributed by atoms with Gasteiger partial charge in [-0.3, -0.25) is 14.8 Å². The van der Waals surface area contributed by atoms with E-state index in [1.54, 1.807) is 18.6 Å². The van der Waals surface area contributed by atoms with Crippen molar-refractivity contribution in [2.45, 2.75) is 32.1 Å². The van der Waals surface area contributed by atoms with Gasteiger partial charge in [-0.25, -0.2) is 4.98 Å². The zero-order valence-electron chi connectivity index (χ0n) is 10.8. The minimum Gasteiger partial charge on any atom is -0.292 e. The quantitative estimate of drug-likeness (QED) is 0.771. The molecule has 3 rings (SSSR count). The molecule has 0 bridgehead atoms. The number of nitrogens with zero attached hydrogens (tertiary/aromatic N) is 3. The molecule has 1 aliphatic carbocycles. The van der Waals surface area contributed by atoms with Gasteiger partial charge >= 0.3 is 0 Å². The molecule has 4 nitrogen and oxygen atoms in total. The van der Waals surface area contributed by atoms with E-state index in [2.05, 4.69) is 21.0 Å². The Hall–Kier alpha value is -2.10. The summed E-state index contributed by atoms with van der Waals surface area (Å²) in [6, 6.07) is 3.99. The highest BCUT2D eigenvalue weighted by Crippen LogP contribution is 2.31. The molecule has 19 heavy (non-hydrogen) atoms. The summed E-state index contributed by atoms with van der Waals surface area (Å²) >= 11 is 0. The molecule has 0 spiro atoms. The van der Waals surface area contributed by atoms with E-state index in [-0.39, 0.29) is 11.7 Å². The molecule has 0 saturated carbocycles. The van der Waals surface area contributed by atoms with Gasteiger partial charge in [0.05, 0.1) is 23.5 Å². The molecule has 0 saturated heterocycles. The van der Waals surface area contributed by atoms with Crippen LogP contribution in [0.4, 0.5) is 0 Å². The predicted molar refractivity (Wildman–Crippen MR) is 71.0 cm³/mol. The van der Waals surface area contributed by atoms with Crippen LogP contribution >= 0.6 is 0 Å². The van der Waals surface area contributed by atoms with Gasteiger partial charge < -0.3 is 0 Å². The number of aromatic nitrogens is 3. The lowest BCUT2D eigenvalue weighted by Gasteiger charge is -2.22. The van der Waals surface area contributed by atoms with Crippen LogP contribution in [0.25, 0.3) is 0 Å². The number of carbonyl (C=O) groups excluding carboxylic acids is 1. The number of hydrogen-bond donors (Lipinski definition) is 0. The number of fused-ring (bicyclic) bond motifs is 1. The molecule has 1 atom stereocenters. The third kappa shape index (κ3) is 2.26. The van der Waals surface area contributed by atoms with Crippen molar-refractivity contribution in [1.82, 2.24) is 15.0 Å². The molecule has 1 aliphatic rings. The minimum atomic E-state index is -0.165. The second-order valence-electron chi connectivity index (χ2n) is 4.90. The van der Waals surface area contributed by atoms with Crippen molar-refractivity contribution in [2.75, 3.05) is 0 Å². The lowest BCUT2D eigenvalue weighted by Crippen LogP contribution is -2.21. The van der Waals surface area contributed by atoms with E-state index in [1.165, 1.54) is 5.56 Å². The number of ketones is 1. The molecule has 0 aliphatic heterocycles. The Bertz CT molecular complexity index is 607. The van der Waals surface area contributed by atoms with Gasteiger partial charge in [0, 0.05) is 12.4 Å². The summed E-state index contributed by atoms with van der Waals surface area (Å²) in [7, 11) is 0. The smallest absolute Gasteiger partial charge is 0.191 e. The summed E-state index contributed by atoms with van der Waals surface area (Å²) in [6.45, 7) is 1.86. The molecule has 4 heteroatoms. The van der Waals surface area contributed by atoms with E-state index in [1.807, 2.05) is 13.0 Å². The maximum atomic E-state index is 12.5. The lowest BCUT2D eigenvalue weighted by molar-refractivity contribution is 0.0943. The van der Waals surface area contributed by atoms with Gasteiger partial charge in [0.2, 0.25) is 0 Å². The lowest BCUT2D eigenvalue weighted by atomic mass is 9.83. The van der Waals surface area contributed by atoms with Crippen LogP contribution in [-0.4, -0.2) is 20.7 Å². The number of carbonyl (C=O) groups is 1. The monoisotopic (exact) mass is 253 g/mol. The van der Waals surface area contributed by atoms with Gasteiger partial charge in [-0.1, -0.05) is 6.07 Å². The summed E-state index contributed by atoms with van der Waals surface area (Å²) < 4.78 is 0. The second kappa shape index (κ2) is 4.88. The highest BCUT2D eigenvalue weighted by Gasteiger charge is 2.29. The molecule has 2 aromatic heterocycles. The maximum absolute atomic E-state index is 12.5. The summed E-state index contributed by atoms with van der Waals surface area (Å²) in [5.74, 6) is -0.130. The van der Waals surface area contributed by atoms with Gasteiger partial charge in [-0.05, 0) is 37.8 Å². The highest BCUT2D eigenvalue weighted by molar-refractivity contribution is 5.99. The van der Waals surface area contributed by atoms with Crippen LogP contribution in [0.15, 0.2) is 30.7 Å². The zero-order chi connectivity index (χ0) is 13.2. The Morgan fingerprint density at radius 1 is 1.26 bits per heavy atom. The van der Waals surface area contributed by atoms with Crippen LogP contribution in [0, 0.1) is 6.92 Å². The standard InChI is InChI=1S/C15H15N3O/c1-10-8-18-13(9-17-10)15(19)12-6-2-4-11-5-3-7-16-14(11)12/h3,5,7-9,12H,2,4,6H2,1H3. The van der Waals surface area contributed by atoms with Gasteiger partial charge in [-0.2, -0.15) is 0 Å². The average Bonchev–Trinajstić information content (AvgIpc) is 2.47. The predicted octanol–water partition coefficient (Wildman–Crippen LogP) is 2.48. The van der Waals surface area contributed by atoms with Crippen LogP contribution in [0.5, 0.6) is 0 Å². The number of pyridine rings is 1. The van der Waals surface area contributed by atoms with Crippen molar-refractivity contribution in [3.8, 4) is 0 Å². The molecule has 2 aromatic rings. The van der Waals surface area contributed by atoms with Crippen LogP contribution in [-0.2, 0) is 6.42 Å². The summed E-state index contributed by atoms with van der Waals surface area (Å²) in [4.78, 5) is 25.3. The minimum absolute atomic E-state index is 0.0344. The van der Waals surface area contributed by atoms with E-state index in [0.717, 1.165) is 30.7 Å². The number of aryl methyl sites for hydroxylation is 2. The van der Waals surface area contributed by atoms with E-state index < -0.39 is 0 Å². The van der Waals surface area contributed by atoms with Gasteiger partial charge in [-0.15, -0.1) is 0 Å². The van der Waals surface area contributed by atoms with E-state index in [4.69, 9.17) is 0 Å².